The van der Waals surface area contributed by atoms with Gasteiger partial charge in [0.25, 0.3) is 0 Å². The van der Waals surface area contributed by atoms with Crippen molar-refractivity contribution in [2.75, 3.05) is 0 Å². The van der Waals surface area contributed by atoms with Crippen LogP contribution in [-0.4, -0.2) is 23.9 Å². The van der Waals surface area contributed by atoms with Gasteiger partial charge in [-0.05, 0) is 96.8 Å². The summed E-state index contributed by atoms with van der Waals surface area (Å²) in [5.41, 5.74) is 15.8. The van der Waals surface area contributed by atoms with Gasteiger partial charge in [0.05, 0.1) is 67.0 Å². The van der Waals surface area contributed by atoms with Gasteiger partial charge in [0.1, 0.15) is 28.2 Å². The number of carboxylic acids is 4. The summed E-state index contributed by atoms with van der Waals surface area (Å²) < 4.78 is 9.23. The number of carboxylic acid groups (broad SMARTS) is 4. The molecule has 0 aliphatic carbocycles. The molecule has 0 bridgehead atoms. The average molecular weight is 1130 g/mol. The van der Waals surface area contributed by atoms with E-state index in [-0.39, 0.29) is 22.3 Å². The molecule has 0 saturated heterocycles. The molecule has 0 aliphatic rings. The predicted octanol–water partition coefficient (Wildman–Crippen LogP) is 8.67. The molecule has 0 atom stereocenters. The number of hydrogen-bond donors (Lipinski definition) is 0. The molecule has 0 N–H and O–H groups in total. The smallest absolute Gasteiger partial charge is 0.213 e. The monoisotopic (exact) mass is 1130 g/mol. The number of hydrogen-bond acceptors (Lipinski definition) is 8. The Bertz CT molecular complexity index is 4320. The fourth-order valence-electron chi connectivity index (χ4n) is 12.0. The summed E-state index contributed by atoms with van der Waals surface area (Å²) in [4.78, 5) is 41.6. The number of aromatic nitrogens is 4. The van der Waals surface area contributed by atoms with Gasteiger partial charge >= 0.3 is 0 Å². The molecule has 0 radical (unpaired) electrons. The Morgan fingerprint density at radius 1 is 0.256 bits per heavy atom. The first-order valence-electron chi connectivity index (χ1n) is 27.8. The molecule has 12 nitrogen and oxygen atoms in total. The molecule has 0 unspecified atom stereocenters. The highest BCUT2D eigenvalue weighted by atomic mass is 16.4. The molecule has 4 aromatic heterocycles. The summed E-state index contributed by atoms with van der Waals surface area (Å²) in [5, 5.41) is 51.8. The van der Waals surface area contributed by atoms with Gasteiger partial charge in [0.2, 0.25) is 44.1 Å². The van der Waals surface area contributed by atoms with Crippen LogP contribution >= 0.6 is 0 Å². The summed E-state index contributed by atoms with van der Waals surface area (Å²) in [6.07, 6.45) is 0. The lowest BCUT2D eigenvalue weighted by molar-refractivity contribution is -0.617. The third kappa shape index (κ3) is 10.3. The Morgan fingerprint density at radius 3 is 0.581 bits per heavy atom. The number of nitrogens with zero attached hydrogens (tertiary/aromatic N) is 4. The van der Waals surface area contributed by atoms with Crippen LogP contribution in [0.1, 0.15) is 52.6 Å². The highest BCUT2D eigenvalue weighted by Gasteiger charge is 2.27. The molecule has 0 saturated carbocycles. The Labute approximate surface area is 494 Å². The second-order valence-electron chi connectivity index (χ2n) is 21.1. The van der Waals surface area contributed by atoms with Crippen molar-refractivity contribution in [1.29, 1.82) is 0 Å². The zero-order chi connectivity index (χ0) is 60.5. The maximum Gasteiger partial charge on any atom is 0.213 e. The third-order valence-corrected chi connectivity index (χ3v) is 16.1. The zero-order valence-electron chi connectivity index (χ0n) is 48.0. The Balaban J connectivity index is 0.000000128. The summed E-state index contributed by atoms with van der Waals surface area (Å²) in [5.74, 6) is -5.29. The minimum Gasteiger partial charge on any atom is -0.545 e. The Morgan fingerprint density at radius 2 is 0.430 bits per heavy atom. The van der Waals surface area contributed by atoms with Gasteiger partial charge in [-0.3, -0.25) is 0 Å². The molecule has 0 spiro atoms. The van der Waals surface area contributed by atoms with Gasteiger partial charge in [-0.2, -0.15) is 18.3 Å². The van der Waals surface area contributed by atoms with Crippen molar-refractivity contribution < 1.29 is 57.9 Å². The number of aryl methyl sites for hydroxylation is 6. The minimum atomic E-state index is -1.33. The molecule has 14 aromatic rings. The van der Waals surface area contributed by atoms with E-state index in [0.29, 0.717) is 11.1 Å². The van der Waals surface area contributed by atoms with Crippen LogP contribution in [0, 0.1) is 13.8 Å². The maximum atomic E-state index is 10.4. The van der Waals surface area contributed by atoms with Crippen molar-refractivity contribution in [3.63, 3.8) is 0 Å². The number of aromatic carboxylic acids is 4. The molecule has 86 heavy (non-hydrogen) atoms. The van der Waals surface area contributed by atoms with Crippen LogP contribution in [0.25, 0.3) is 109 Å². The highest BCUT2D eigenvalue weighted by molar-refractivity contribution is 6.20. The predicted molar refractivity (Wildman–Crippen MR) is 328 cm³/mol. The topological polar surface area (TPSA) is 176 Å². The minimum absolute atomic E-state index is 0.00926. The van der Waals surface area contributed by atoms with Gasteiger partial charge in [0.15, 0.2) is 0 Å². The van der Waals surface area contributed by atoms with Gasteiger partial charge in [-0.1, -0.05) is 121 Å². The number of pyridine rings is 4. The fraction of sp³-hybridized carbons (Fsp3) is 0.0811. The van der Waals surface area contributed by atoms with E-state index in [9.17, 15) is 39.6 Å². The standard InChI is InChI=1S/2C28H22N2.2C9H8O4/c2*1-29-23-15-7-3-11-19(23)27(20-12-4-8-16-24(20)29)28-21-13-5-9-17-25(21)30(2)26-18-10-6-14-22(26)28;2*1-5-4-6(8(10)11)2-3-7(5)9(12)13/h2*3-18H,1-2H3;2*2-4H,1H3,(H,10,11)(H,12,13)/q2*+2;;/p-4. The lowest BCUT2D eigenvalue weighted by Crippen LogP contribution is -2.31. The molecule has 12 heteroatoms. The van der Waals surface area contributed by atoms with Crippen LogP contribution in [0.3, 0.4) is 0 Å². The quantitative estimate of drug-likeness (QED) is 0.117. The zero-order valence-corrected chi connectivity index (χ0v) is 48.0. The van der Waals surface area contributed by atoms with Gasteiger partial charge < -0.3 is 39.6 Å². The number of carbonyl (C=O) groups is 4. The van der Waals surface area contributed by atoms with Crippen molar-refractivity contribution in [1.82, 2.24) is 0 Å². The first-order chi connectivity index (χ1) is 41.5. The number of fused-ring (bicyclic) bond motifs is 8. The molecule has 0 aliphatic heterocycles. The van der Waals surface area contributed by atoms with Crippen molar-refractivity contribution in [3.05, 3.63) is 264 Å². The molecule has 0 amide bonds. The van der Waals surface area contributed by atoms with E-state index in [1.54, 1.807) is 0 Å². The largest absolute Gasteiger partial charge is 0.545 e. The van der Waals surface area contributed by atoms with Gasteiger partial charge in [-0.25, -0.2) is 0 Å². The van der Waals surface area contributed by atoms with Crippen molar-refractivity contribution >= 4 is 111 Å². The van der Waals surface area contributed by atoms with E-state index in [4.69, 9.17) is 0 Å². The normalized spacial score (nSPS) is 11.0. The van der Waals surface area contributed by atoms with Crippen LogP contribution in [0.4, 0.5) is 0 Å². The van der Waals surface area contributed by atoms with Crippen molar-refractivity contribution in [2.24, 2.45) is 28.2 Å². The van der Waals surface area contributed by atoms with E-state index in [0.717, 1.165) is 0 Å². The van der Waals surface area contributed by atoms with E-state index in [2.05, 4.69) is 241 Å². The van der Waals surface area contributed by atoms with Gasteiger partial charge in [0, 0.05) is 81.9 Å². The fourth-order valence-corrected chi connectivity index (χ4v) is 12.0. The second kappa shape index (κ2) is 23.6. The van der Waals surface area contributed by atoms with E-state index < -0.39 is 23.9 Å². The Kier molecular flexibility index (Phi) is 15.5. The van der Waals surface area contributed by atoms with Crippen molar-refractivity contribution in [2.45, 2.75) is 13.8 Å². The number of carbonyl (C=O) groups excluding carboxylic acids is 4. The number of benzene rings is 10. The highest BCUT2D eigenvalue weighted by Crippen LogP contribution is 2.43. The van der Waals surface area contributed by atoms with Crippen LogP contribution in [-0.2, 0) is 28.2 Å². The van der Waals surface area contributed by atoms with Crippen LogP contribution in [0.15, 0.2) is 231 Å². The first-order valence-corrected chi connectivity index (χ1v) is 27.8. The number of para-hydroxylation sites is 8. The van der Waals surface area contributed by atoms with Crippen LogP contribution < -0.4 is 38.7 Å². The molecular formula is C74H56N4O8. The summed E-state index contributed by atoms with van der Waals surface area (Å²) >= 11 is 0. The van der Waals surface area contributed by atoms with Crippen LogP contribution in [0.2, 0.25) is 0 Å². The van der Waals surface area contributed by atoms with E-state index >= 15 is 0 Å². The second-order valence-corrected chi connectivity index (χ2v) is 21.1. The van der Waals surface area contributed by atoms with Crippen LogP contribution in [0.5, 0.6) is 0 Å². The molecule has 420 valence electrons. The maximum absolute atomic E-state index is 10.4. The Hall–Kier alpha value is -11.2. The average Bonchev–Trinajstić information content (AvgIpc) is 0.795. The molecule has 14 rings (SSSR count). The van der Waals surface area contributed by atoms with E-state index in [1.165, 1.54) is 160 Å². The SMILES string of the molecule is C[n+]1c2ccccc2c(-c2c3ccccc3[n+](C)c3ccccc23)c2ccccc21.C[n+]1c2ccccc2c(-c2c3ccccc3[n+](C)c3ccccc23)c2ccccc21.Cc1cc(C(=O)[O-])ccc1C(=O)[O-].Cc1cc(C(=O)[O-])ccc1C(=O)[O-]. The molecule has 4 heterocycles. The van der Waals surface area contributed by atoms with Gasteiger partial charge in [-0.15, -0.1) is 0 Å². The summed E-state index contributed by atoms with van der Waals surface area (Å²) in [7, 11) is 8.65. The number of rotatable bonds is 6. The lowest BCUT2D eigenvalue weighted by Gasteiger charge is -2.14. The summed E-state index contributed by atoms with van der Waals surface area (Å²) in [6.45, 7) is 3.00. The first kappa shape index (κ1) is 56.6. The third-order valence-electron chi connectivity index (χ3n) is 16.1. The molecule has 0 fully saturated rings. The van der Waals surface area contributed by atoms with E-state index in [1.807, 2.05) is 0 Å². The summed E-state index contributed by atoms with van der Waals surface area (Å²) in [6, 6.07) is 77.2. The lowest BCUT2D eigenvalue weighted by atomic mass is 9.90. The van der Waals surface area contributed by atoms with Crippen molar-refractivity contribution in [3.8, 4) is 22.3 Å². The molecule has 10 aromatic carbocycles. The molecular weight excluding hydrogens is 1070 g/mol.